The third-order valence-corrected chi connectivity index (χ3v) is 3.11. The van der Waals surface area contributed by atoms with E-state index in [1.165, 1.54) is 0 Å². The number of fused-ring (bicyclic) bond motifs is 1. The molecule has 3 rings (SSSR count). The van der Waals surface area contributed by atoms with Gasteiger partial charge in [-0.3, -0.25) is 4.98 Å². The highest BCUT2D eigenvalue weighted by molar-refractivity contribution is 6.32. The molecule has 0 aliphatic carbocycles. The fourth-order valence-corrected chi connectivity index (χ4v) is 2.09. The Labute approximate surface area is 120 Å². The second kappa shape index (κ2) is 4.94. The number of nitrogens with two attached hydrogens (primary N) is 1. The maximum absolute atomic E-state index is 5.94. The highest BCUT2D eigenvalue weighted by Crippen LogP contribution is 2.33. The number of aromatic nitrogens is 3. The lowest BCUT2D eigenvalue weighted by molar-refractivity contribution is 0.468. The van der Waals surface area contributed by atoms with Crippen molar-refractivity contribution in [3.8, 4) is 11.6 Å². The lowest BCUT2D eigenvalue weighted by atomic mass is 10.1. The molecule has 6 heteroatoms. The number of ether oxygens (including phenoxy) is 1. The number of hydrogen-bond acceptors (Lipinski definition) is 5. The van der Waals surface area contributed by atoms with Gasteiger partial charge in [-0.15, -0.1) is 0 Å². The predicted octanol–water partition coefficient (Wildman–Crippen LogP) is 3.36. The van der Waals surface area contributed by atoms with Crippen LogP contribution in [0.15, 0.2) is 36.7 Å². The Bertz CT molecular complexity index is 786. The molecule has 0 radical (unpaired) electrons. The fraction of sp³-hybridized carbons (Fsp3) is 0.0714. The summed E-state index contributed by atoms with van der Waals surface area (Å²) in [6, 6.07) is 7.55. The van der Waals surface area contributed by atoms with Crippen molar-refractivity contribution in [2.75, 3.05) is 5.73 Å². The van der Waals surface area contributed by atoms with E-state index in [0.717, 1.165) is 10.8 Å². The second-order valence-corrected chi connectivity index (χ2v) is 4.59. The number of hydrogen-bond donors (Lipinski definition) is 1. The topological polar surface area (TPSA) is 73.9 Å². The van der Waals surface area contributed by atoms with E-state index in [4.69, 9.17) is 22.1 Å². The normalized spacial score (nSPS) is 10.7. The summed E-state index contributed by atoms with van der Waals surface area (Å²) >= 11 is 5.94. The van der Waals surface area contributed by atoms with E-state index >= 15 is 0 Å². The van der Waals surface area contributed by atoms with Crippen molar-refractivity contribution >= 4 is 28.1 Å². The molecule has 0 bridgehead atoms. The van der Waals surface area contributed by atoms with Crippen molar-refractivity contribution in [3.63, 3.8) is 0 Å². The zero-order chi connectivity index (χ0) is 14.1. The van der Waals surface area contributed by atoms with Crippen LogP contribution in [-0.2, 0) is 0 Å². The van der Waals surface area contributed by atoms with Crippen LogP contribution in [0, 0.1) is 6.92 Å². The highest BCUT2D eigenvalue weighted by Gasteiger charge is 2.12. The van der Waals surface area contributed by atoms with E-state index in [0.29, 0.717) is 11.6 Å². The lowest BCUT2D eigenvalue weighted by Gasteiger charge is -2.10. The zero-order valence-corrected chi connectivity index (χ0v) is 11.4. The smallest absolute Gasteiger partial charge is 0.247 e. The van der Waals surface area contributed by atoms with E-state index in [2.05, 4.69) is 15.0 Å². The van der Waals surface area contributed by atoms with E-state index in [9.17, 15) is 0 Å². The molecule has 0 fully saturated rings. The summed E-state index contributed by atoms with van der Waals surface area (Å²) in [6.07, 6.45) is 3.47. The minimum absolute atomic E-state index is 0.189. The van der Waals surface area contributed by atoms with Gasteiger partial charge in [0, 0.05) is 23.2 Å². The Morgan fingerprint density at radius 3 is 2.90 bits per heavy atom. The molecule has 2 N–H and O–H groups in total. The molecule has 0 amide bonds. The molecule has 0 saturated heterocycles. The molecule has 2 aromatic heterocycles. The molecule has 0 aliphatic heterocycles. The average molecular weight is 287 g/mol. The maximum Gasteiger partial charge on any atom is 0.247 e. The van der Waals surface area contributed by atoms with Crippen LogP contribution in [0.25, 0.3) is 10.8 Å². The van der Waals surface area contributed by atoms with Gasteiger partial charge < -0.3 is 10.5 Å². The molecule has 0 saturated carbocycles. The number of anilines is 1. The molecule has 0 aliphatic rings. The molecule has 5 nitrogen and oxygen atoms in total. The van der Waals surface area contributed by atoms with Crippen LogP contribution in [0.3, 0.4) is 0 Å². The minimum atomic E-state index is 0.189. The van der Waals surface area contributed by atoms with Crippen LogP contribution in [0.2, 0.25) is 5.15 Å². The molecule has 0 spiro atoms. The largest absolute Gasteiger partial charge is 0.436 e. The van der Waals surface area contributed by atoms with Crippen molar-refractivity contribution in [2.24, 2.45) is 0 Å². The molecule has 0 unspecified atom stereocenters. The van der Waals surface area contributed by atoms with Crippen molar-refractivity contribution < 1.29 is 4.74 Å². The molecule has 100 valence electrons. The first kappa shape index (κ1) is 12.6. The van der Waals surface area contributed by atoms with E-state index in [1.807, 2.05) is 24.3 Å². The Hall–Kier alpha value is -2.40. The van der Waals surface area contributed by atoms with Crippen molar-refractivity contribution in [3.05, 3.63) is 47.6 Å². The Balaban J connectivity index is 2.10. The van der Waals surface area contributed by atoms with Crippen LogP contribution in [0.4, 0.5) is 5.69 Å². The summed E-state index contributed by atoms with van der Waals surface area (Å²) in [5.74, 6) is 1.40. The predicted molar refractivity (Wildman–Crippen MR) is 78.0 cm³/mol. The number of nitrogen functional groups attached to an aromatic ring is 1. The first-order chi connectivity index (χ1) is 9.65. The summed E-state index contributed by atoms with van der Waals surface area (Å²) in [6.45, 7) is 1.73. The van der Waals surface area contributed by atoms with E-state index < -0.39 is 0 Å². The maximum atomic E-state index is 5.94. The molecule has 2 heterocycles. The molecule has 1 aromatic carbocycles. The van der Waals surface area contributed by atoms with Gasteiger partial charge in [-0.2, -0.15) is 4.98 Å². The lowest BCUT2D eigenvalue weighted by Crippen LogP contribution is -2.00. The first-order valence-electron chi connectivity index (χ1n) is 5.95. The summed E-state index contributed by atoms with van der Waals surface area (Å²) < 4.78 is 5.80. The zero-order valence-electron chi connectivity index (χ0n) is 10.7. The van der Waals surface area contributed by atoms with Crippen molar-refractivity contribution in [1.82, 2.24) is 15.0 Å². The average Bonchev–Trinajstić information content (AvgIpc) is 2.44. The number of halogens is 1. The fourth-order valence-electron chi connectivity index (χ4n) is 1.89. The first-order valence-corrected chi connectivity index (χ1v) is 6.33. The van der Waals surface area contributed by atoms with E-state index in [-0.39, 0.29) is 16.7 Å². The van der Waals surface area contributed by atoms with Crippen molar-refractivity contribution in [2.45, 2.75) is 6.92 Å². The third-order valence-electron chi connectivity index (χ3n) is 2.82. The summed E-state index contributed by atoms with van der Waals surface area (Å²) in [5, 5.41) is 2.09. The van der Waals surface area contributed by atoms with Crippen molar-refractivity contribution in [1.29, 1.82) is 0 Å². The van der Waals surface area contributed by atoms with Gasteiger partial charge in [-0.05, 0) is 19.1 Å². The van der Waals surface area contributed by atoms with Gasteiger partial charge in [0.05, 0.1) is 0 Å². The SMILES string of the molecule is Cc1nc(Cl)c(N)c(Oc2cccc3cnccc23)n1. The number of nitrogens with zero attached hydrogens (tertiary/aromatic N) is 3. The molecule has 20 heavy (non-hydrogen) atoms. The highest BCUT2D eigenvalue weighted by atomic mass is 35.5. The van der Waals surface area contributed by atoms with Gasteiger partial charge in [0.15, 0.2) is 5.15 Å². The Kier molecular flexibility index (Phi) is 3.12. The number of rotatable bonds is 2. The molecule has 0 atom stereocenters. The van der Waals surface area contributed by atoms with Crippen LogP contribution in [0.5, 0.6) is 11.6 Å². The van der Waals surface area contributed by atoms with Gasteiger partial charge in [-0.1, -0.05) is 23.7 Å². The summed E-state index contributed by atoms with van der Waals surface area (Å²) in [7, 11) is 0. The number of aryl methyl sites for hydroxylation is 1. The number of pyridine rings is 1. The minimum Gasteiger partial charge on any atom is -0.436 e. The van der Waals surface area contributed by atoms with Crippen LogP contribution < -0.4 is 10.5 Å². The summed E-state index contributed by atoms with van der Waals surface area (Å²) in [5.41, 5.74) is 6.07. The second-order valence-electron chi connectivity index (χ2n) is 4.24. The third kappa shape index (κ3) is 2.23. The van der Waals surface area contributed by atoms with Gasteiger partial charge in [-0.25, -0.2) is 4.98 Å². The Morgan fingerprint density at radius 1 is 1.20 bits per heavy atom. The quantitative estimate of drug-likeness (QED) is 0.731. The van der Waals surface area contributed by atoms with Gasteiger partial charge >= 0.3 is 0 Å². The standard InChI is InChI=1S/C14H11ClN4O/c1-8-18-13(15)12(16)14(19-8)20-11-4-2-3-9-7-17-6-5-10(9)11/h2-7H,16H2,1H3. The van der Waals surface area contributed by atoms with Gasteiger partial charge in [0.1, 0.15) is 17.3 Å². The monoisotopic (exact) mass is 286 g/mol. The Morgan fingerprint density at radius 2 is 2.05 bits per heavy atom. The van der Waals surface area contributed by atoms with E-state index in [1.54, 1.807) is 19.3 Å². The van der Waals surface area contributed by atoms with Gasteiger partial charge in [0.25, 0.3) is 0 Å². The van der Waals surface area contributed by atoms with Crippen LogP contribution in [0.1, 0.15) is 5.82 Å². The molecule has 3 aromatic rings. The van der Waals surface area contributed by atoms with Crippen LogP contribution >= 0.6 is 11.6 Å². The van der Waals surface area contributed by atoms with Gasteiger partial charge in [0.2, 0.25) is 5.88 Å². The van der Waals surface area contributed by atoms with Crippen LogP contribution in [-0.4, -0.2) is 15.0 Å². The molecular weight excluding hydrogens is 276 g/mol. The number of benzene rings is 1. The molecular formula is C14H11ClN4O. The summed E-state index contributed by atoms with van der Waals surface area (Å²) in [4.78, 5) is 12.2.